The Labute approximate surface area is 101 Å². The molecule has 4 nitrogen and oxygen atoms in total. The third kappa shape index (κ3) is 3.32. The fourth-order valence-corrected chi connectivity index (χ4v) is 1.66. The molecule has 90 valence electrons. The van der Waals surface area contributed by atoms with Crippen LogP contribution >= 0.6 is 0 Å². The first-order chi connectivity index (χ1) is 8.25. The molecule has 0 aliphatic heterocycles. The van der Waals surface area contributed by atoms with E-state index in [-0.39, 0.29) is 0 Å². The van der Waals surface area contributed by atoms with Crippen molar-refractivity contribution in [1.82, 2.24) is 14.9 Å². The first-order valence-electron chi connectivity index (χ1n) is 5.70. The van der Waals surface area contributed by atoms with Gasteiger partial charge in [0.1, 0.15) is 11.6 Å². The number of nitrogens with one attached hydrogen (secondary N) is 1. The number of hydrogen-bond acceptors (Lipinski definition) is 3. The number of aryl methyl sites for hydroxylation is 1. The quantitative estimate of drug-likeness (QED) is 0.766. The van der Waals surface area contributed by atoms with E-state index in [1.165, 1.54) is 5.56 Å². The third-order valence-electron chi connectivity index (χ3n) is 2.73. The maximum atomic E-state index is 9.16. The van der Waals surface area contributed by atoms with Crippen molar-refractivity contribution in [3.05, 3.63) is 48.0 Å². The molecule has 0 aliphatic rings. The molecule has 2 aromatic rings. The molecule has 1 heterocycles. The van der Waals surface area contributed by atoms with Crippen LogP contribution in [0.3, 0.4) is 0 Å². The Balaban J connectivity index is 1.73. The number of nitrogens with zero attached hydrogens (tertiary/aromatic N) is 2. The molecule has 0 aliphatic carbocycles. The summed E-state index contributed by atoms with van der Waals surface area (Å²) in [5.41, 5.74) is 1.22. The van der Waals surface area contributed by atoms with Gasteiger partial charge in [-0.15, -0.1) is 0 Å². The summed E-state index contributed by atoms with van der Waals surface area (Å²) in [6.45, 7) is 1.68. The standard InChI is InChI=1S/C13H17N3O/c1-16-9-8-15-13(16)10-14-7-6-11-2-4-12(17)5-3-11/h2-5,8-9,14,17H,6-7,10H2,1H3. The molecule has 0 amide bonds. The Hall–Kier alpha value is -1.81. The lowest BCUT2D eigenvalue weighted by atomic mass is 10.1. The van der Waals surface area contributed by atoms with E-state index in [9.17, 15) is 0 Å². The zero-order valence-electron chi connectivity index (χ0n) is 9.93. The van der Waals surface area contributed by atoms with Crippen LogP contribution in [0.2, 0.25) is 0 Å². The molecule has 0 spiro atoms. The molecule has 1 aromatic heterocycles. The van der Waals surface area contributed by atoms with Crippen molar-refractivity contribution in [3.8, 4) is 5.75 Å². The van der Waals surface area contributed by atoms with Gasteiger partial charge in [-0.05, 0) is 30.7 Å². The molecule has 0 saturated heterocycles. The minimum absolute atomic E-state index is 0.315. The molecular formula is C13H17N3O. The SMILES string of the molecule is Cn1ccnc1CNCCc1ccc(O)cc1. The fraction of sp³-hybridized carbons (Fsp3) is 0.308. The van der Waals surface area contributed by atoms with E-state index in [1.807, 2.05) is 29.9 Å². The van der Waals surface area contributed by atoms with E-state index < -0.39 is 0 Å². The predicted octanol–water partition coefficient (Wildman–Crippen LogP) is 1.46. The van der Waals surface area contributed by atoms with E-state index >= 15 is 0 Å². The Morgan fingerprint density at radius 1 is 1.29 bits per heavy atom. The highest BCUT2D eigenvalue weighted by atomic mass is 16.3. The van der Waals surface area contributed by atoms with Gasteiger partial charge < -0.3 is 15.0 Å². The highest BCUT2D eigenvalue weighted by molar-refractivity contribution is 5.25. The second kappa shape index (κ2) is 5.50. The van der Waals surface area contributed by atoms with Crippen LogP contribution in [0.1, 0.15) is 11.4 Å². The fourth-order valence-electron chi connectivity index (χ4n) is 1.66. The minimum Gasteiger partial charge on any atom is -0.508 e. The number of rotatable bonds is 5. The van der Waals surface area contributed by atoms with E-state index in [2.05, 4.69) is 10.3 Å². The molecule has 0 bridgehead atoms. The number of phenols is 1. The van der Waals surface area contributed by atoms with Gasteiger partial charge in [0.15, 0.2) is 0 Å². The molecule has 0 atom stereocenters. The first-order valence-corrected chi connectivity index (χ1v) is 5.70. The highest BCUT2D eigenvalue weighted by Crippen LogP contribution is 2.09. The minimum atomic E-state index is 0.315. The Kier molecular flexibility index (Phi) is 3.77. The van der Waals surface area contributed by atoms with Crippen molar-refractivity contribution in [2.75, 3.05) is 6.54 Å². The summed E-state index contributed by atoms with van der Waals surface area (Å²) in [5, 5.41) is 12.5. The summed E-state index contributed by atoms with van der Waals surface area (Å²) in [6, 6.07) is 7.32. The van der Waals surface area contributed by atoms with Gasteiger partial charge in [0, 0.05) is 19.4 Å². The summed E-state index contributed by atoms with van der Waals surface area (Å²) in [5.74, 6) is 1.35. The molecular weight excluding hydrogens is 214 g/mol. The topological polar surface area (TPSA) is 50.1 Å². The molecule has 0 unspecified atom stereocenters. The average molecular weight is 231 g/mol. The Bertz CT molecular complexity index is 462. The summed E-state index contributed by atoms with van der Waals surface area (Å²) < 4.78 is 2.01. The van der Waals surface area contributed by atoms with Gasteiger partial charge in [-0.25, -0.2) is 4.98 Å². The molecule has 2 rings (SSSR count). The number of hydrogen-bond donors (Lipinski definition) is 2. The smallest absolute Gasteiger partial charge is 0.122 e. The van der Waals surface area contributed by atoms with Crippen molar-refractivity contribution < 1.29 is 5.11 Å². The molecule has 17 heavy (non-hydrogen) atoms. The van der Waals surface area contributed by atoms with Crippen LogP contribution in [0, 0.1) is 0 Å². The van der Waals surface area contributed by atoms with Crippen molar-refractivity contribution >= 4 is 0 Å². The zero-order chi connectivity index (χ0) is 12.1. The van der Waals surface area contributed by atoms with E-state index in [0.717, 1.165) is 25.3 Å². The van der Waals surface area contributed by atoms with E-state index in [4.69, 9.17) is 5.11 Å². The van der Waals surface area contributed by atoms with Crippen LogP contribution in [0.5, 0.6) is 5.75 Å². The largest absolute Gasteiger partial charge is 0.508 e. The third-order valence-corrected chi connectivity index (χ3v) is 2.73. The second-order valence-corrected chi connectivity index (χ2v) is 4.05. The lowest BCUT2D eigenvalue weighted by Gasteiger charge is -2.05. The van der Waals surface area contributed by atoms with Gasteiger partial charge in [0.25, 0.3) is 0 Å². The van der Waals surface area contributed by atoms with Gasteiger partial charge >= 0.3 is 0 Å². The summed E-state index contributed by atoms with van der Waals surface area (Å²) in [6.07, 6.45) is 4.69. The van der Waals surface area contributed by atoms with Gasteiger partial charge in [-0.1, -0.05) is 12.1 Å². The van der Waals surface area contributed by atoms with Crippen molar-refractivity contribution in [2.24, 2.45) is 7.05 Å². The number of aromatic hydroxyl groups is 1. The van der Waals surface area contributed by atoms with E-state index in [1.54, 1.807) is 18.3 Å². The highest BCUT2D eigenvalue weighted by Gasteiger charge is 1.98. The van der Waals surface area contributed by atoms with Crippen LogP contribution in [0.4, 0.5) is 0 Å². The van der Waals surface area contributed by atoms with E-state index in [0.29, 0.717) is 5.75 Å². The van der Waals surface area contributed by atoms with Gasteiger partial charge in [0.2, 0.25) is 0 Å². The van der Waals surface area contributed by atoms with Crippen molar-refractivity contribution in [3.63, 3.8) is 0 Å². The summed E-state index contributed by atoms with van der Waals surface area (Å²) in [4.78, 5) is 4.24. The maximum Gasteiger partial charge on any atom is 0.122 e. The Morgan fingerprint density at radius 2 is 2.06 bits per heavy atom. The summed E-state index contributed by atoms with van der Waals surface area (Å²) in [7, 11) is 1.99. The van der Waals surface area contributed by atoms with Crippen LogP contribution in [0.15, 0.2) is 36.7 Å². The number of imidazole rings is 1. The first kappa shape index (κ1) is 11.7. The molecule has 0 fully saturated rings. The van der Waals surface area contributed by atoms with Gasteiger partial charge in [-0.2, -0.15) is 0 Å². The van der Waals surface area contributed by atoms with Crippen molar-refractivity contribution in [2.45, 2.75) is 13.0 Å². The van der Waals surface area contributed by atoms with Gasteiger partial charge in [0.05, 0.1) is 6.54 Å². The number of phenolic OH excluding ortho intramolecular Hbond substituents is 1. The lowest BCUT2D eigenvalue weighted by Crippen LogP contribution is -2.18. The molecule has 0 radical (unpaired) electrons. The number of benzene rings is 1. The lowest BCUT2D eigenvalue weighted by molar-refractivity contribution is 0.475. The molecule has 4 heteroatoms. The van der Waals surface area contributed by atoms with Crippen molar-refractivity contribution in [1.29, 1.82) is 0 Å². The van der Waals surface area contributed by atoms with Crippen LogP contribution in [-0.4, -0.2) is 21.2 Å². The Morgan fingerprint density at radius 3 is 2.71 bits per heavy atom. The average Bonchev–Trinajstić information content (AvgIpc) is 2.73. The zero-order valence-corrected chi connectivity index (χ0v) is 9.93. The van der Waals surface area contributed by atoms with Crippen LogP contribution in [0.25, 0.3) is 0 Å². The molecule has 1 aromatic carbocycles. The van der Waals surface area contributed by atoms with Crippen LogP contribution in [-0.2, 0) is 20.0 Å². The maximum absolute atomic E-state index is 9.16. The van der Waals surface area contributed by atoms with Crippen LogP contribution < -0.4 is 5.32 Å². The normalized spacial score (nSPS) is 10.6. The second-order valence-electron chi connectivity index (χ2n) is 4.05. The monoisotopic (exact) mass is 231 g/mol. The molecule has 0 saturated carbocycles. The summed E-state index contributed by atoms with van der Waals surface area (Å²) >= 11 is 0. The van der Waals surface area contributed by atoms with Gasteiger partial charge in [-0.3, -0.25) is 0 Å². The molecule has 2 N–H and O–H groups in total. The number of aromatic nitrogens is 2. The predicted molar refractivity (Wildman–Crippen MR) is 66.7 cm³/mol.